The van der Waals surface area contributed by atoms with Crippen LogP contribution in [0.5, 0.6) is 5.75 Å². The number of hydrogen-bond acceptors (Lipinski definition) is 2. The number of carbonyl (C=O) groups excluding carboxylic acids is 1. The third-order valence-corrected chi connectivity index (χ3v) is 3.79. The van der Waals surface area contributed by atoms with E-state index in [1.165, 1.54) is 5.56 Å². The number of carbonyl (C=O) groups is 1. The van der Waals surface area contributed by atoms with E-state index in [1.54, 1.807) is 24.3 Å². The second kappa shape index (κ2) is 9.21. The third-order valence-electron chi connectivity index (χ3n) is 3.54. The lowest BCUT2D eigenvalue weighted by molar-refractivity contribution is -0.128. The van der Waals surface area contributed by atoms with Gasteiger partial charge in [-0.3, -0.25) is 4.79 Å². The molecule has 122 valence electrons. The summed E-state index contributed by atoms with van der Waals surface area (Å²) in [5.74, 6) is 0.580. The minimum Gasteiger partial charge on any atom is -0.481 e. The van der Waals surface area contributed by atoms with Crippen molar-refractivity contribution in [3.63, 3.8) is 0 Å². The number of hydrogen-bond donors (Lipinski definition) is 1. The lowest BCUT2D eigenvalue weighted by Gasteiger charge is -2.17. The van der Waals surface area contributed by atoms with Crippen molar-refractivity contribution in [2.75, 3.05) is 6.54 Å². The molecule has 0 radical (unpaired) electrons. The quantitative estimate of drug-likeness (QED) is 0.734. The molecule has 0 spiro atoms. The zero-order chi connectivity index (χ0) is 16.5. The van der Waals surface area contributed by atoms with Crippen molar-refractivity contribution in [3.05, 3.63) is 65.2 Å². The molecule has 0 aromatic heterocycles. The zero-order valence-corrected chi connectivity index (χ0v) is 14.1. The van der Waals surface area contributed by atoms with E-state index in [2.05, 4.69) is 17.4 Å². The van der Waals surface area contributed by atoms with Crippen LogP contribution in [0.4, 0.5) is 0 Å². The van der Waals surface area contributed by atoms with Gasteiger partial charge in [-0.05, 0) is 49.1 Å². The molecule has 0 aliphatic carbocycles. The number of ether oxygens (including phenoxy) is 1. The summed E-state index contributed by atoms with van der Waals surface area (Å²) in [5.41, 5.74) is 1.28. The highest BCUT2D eigenvalue weighted by molar-refractivity contribution is 6.30. The Labute approximate surface area is 142 Å². The fraction of sp³-hybridized carbons (Fsp3) is 0.316. The lowest BCUT2D eigenvalue weighted by Crippen LogP contribution is -2.38. The molecule has 0 unspecified atom stereocenters. The molecular weight excluding hydrogens is 310 g/mol. The molecule has 0 saturated carbocycles. The largest absolute Gasteiger partial charge is 0.481 e. The van der Waals surface area contributed by atoms with E-state index < -0.39 is 6.10 Å². The Morgan fingerprint density at radius 2 is 1.83 bits per heavy atom. The monoisotopic (exact) mass is 331 g/mol. The Morgan fingerprint density at radius 3 is 2.48 bits per heavy atom. The summed E-state index contributed by atoms with van der Waals surface area (Å²) >= 11 is 5.84. The number of aryl methyl sites for hydroxylation is 1. The van der Waals surface area contributed by atoms with Gasteiger partial charge < -0.3 is 10.1 Å². The van der Waals surface area contributed by atoms with Crippen LogP contribution >= 0.6 is 11.6 Å². The second-order valence-corrected chi connectivity index (χ2v) is 5.79. The molecule has 0 heterocycles. The Balaban J connectivity index is 1.75. The predicted octanol–water partition coefficient (Wildman–Crippen LogP) is 4.25. The summed E-state index contributed by atoms with van der Waals surface area (Å²) in [5, 5.41) is 3.59. The van der Waals surface area contributed by atoms with Crippen LogP contribution in [0.1, 0.15) is 25.3 Å². The van der Waals surface area contributed by atoms with Crippen LogP contribution in [0.2, 0.25) is 5.02 Å². The average Bonchev–Trinajstić information content (AvgIpc) is 2.59. The molecule has 2 rings (SSSR count). The molecule has 1 amide bonds. The molecule has 1 N–H and O–H groups in total. The summed E-state index contributed by atoms with van der Waals surface area (Å²) in [4.78, 5) is 12.2. The van der Waals surface area contributed by atoms with Crippen molar-refractivity contribution in [1.29, 1.82) is 0 Å². The molecule has 1 atom stereocenters. The minimum atomic E-state index is -0.479. The fourth-order valence-corrected chi connectivity index (χ4v) is 2.39. The van der Waals surface area contributed by atoms with Crippen LogP contribution in [-0.4, -0.2) is 18.6 Å². The Bertz CT molecular complexity index is 599. The van der Waals surface area contributed by atoms with E-state index >= 15 is 0 Å². The van der Waals surface area contributed by atoms with Crippen molar-refractivity contribution in [2.45, 2.75) is 32.3 Å². The standard InChI is InChI=1S/C19H22ClNO2/c1-2-18(23-17-12-10-16(20)11-13-17)19(22)21-14-6-9-15-7-4-3-5-8-15/h3-5,7-8,10-13,18H,2,6,9,14H2,1H3,(H,21,22)/t18-/m0/s1. The lowest BCUT2D eigenvalue weighted by atomic mass is 10.1. The van der Waals surface area contributed by atoms with Crippen LogP contribution in [0.25, 0.3) is 0 Å². The van der Waals surface area contributed by atoms with E-state index in [9.17, 15) is 4.79 Å². The number of nitrogens with one attached hydrogen (secondary N) is 1. The average molecular weight is 332 g/mol. The number of amides is 1. The van der Waals surface area contributed by atoms with Crippen LogP contribution in [0.15, 0.2) is 54.6 Å². The highest BCUT2D eigenvalue weighted by atomic mass is 35.5. The Kier molecular flexibility index (Phi) is 6.95. The molecule has 0 bridgehead atoms. The molecule has 0 saturated heterocycles. The molecule has 3 nitrogen and oxygen atoms in total. The molecule has 4 heteroatoms. The van der Waals surface area contributed by atoms with Gasteiger partial charge in [0.15, 0.2) is 6.10 Å². The first kappa shape index (κ1) is 17.4. The maximum absolute atomic E-state index is 12.2. The van der Waals surface area contributed by atoms with E-state index in [4.69, 9.17) is 16.3 Å². The molecule has 0 aliphatic rings. The Morgan fingerprint density at radius 1 is 1.13 bits per heavy atom. The molecule has 0 fully saturated rings. The number of rotatable bonds is 8. The van der Waals surface area contributed by atoms with E-state index in [0.29, 0.717) is 23.7 Å². The van der Waals surface area contributed by atoms with Crippen molar-refractivity contribution in [2.24, 2.45) is 0 Å². The van der Waals surface area contributed by atoms with Crippen molar-refractivity contribution in [3.8, 4) is 5.75 Å². The van der Waals surface area contributed by atoms with E-state index in [-0.39, 0.29) is 5.91 Å². The summed E-state index contributed by atoms with van der Waals surface area (Å²) in [7, 11) is 0. The van der Waals surface area contributed by atoms with Crippen LogP contribution < -0.4 is 10.1 Å². The van der Waals surface area contributed by atoms with Crippen molar-refractivity contribution < 1.29 is 9.53 Å². The van der Waals surface area contributed by atoms with Gasteiger partial charge in [0.2, 0.25) is 0 Å². The van der Waals surface area contributed by atoms with Crippen LogP contribution in [0.3, 0.4) is 0 Å². The normalized spacial score (nSPS) is 11.7. The number of benzene rings is 2. The Hall–Kier alpha value is -2.00. The third kappa shape index (κ3) is 5.95. The predicted molar refractivity (Wildman–Crippen MR) is 93.9 cm³/mol. The van der Waals surface area contributed by atoms with E-state index in [1.807, 2.05) is 25.1 Å². The summed E-state index contributed by atoms with van der Waals surface area (Å²) in [6.45, 7) is 2.58. The maximum atomic E-state index is 12.2. The van der Waals surface area contributed by atoms with Gasteiger partial charge >= 0.3 is 0 Å². The van der Waals surface area contributed by atoms with Gasteiger partial charge in [0.25, 0.3) is 5.91 Å². The van der Waals surface area contributed by atoms with Gasteiger partial charge in [0.05, 0.1) is 0 Å². The second-order valence-electron chi connectivity index (χ2n) is 5.35. The van der Waals surface area contributed by atoms with Gasteiger partial charge in [-0.15, -0.1) is 0 Å². The zero-order valence-electron chi connectivity index (χ0n) is 13.3. The van der Waals surface area contributed by atoms with Gasteiger partial charge in [-0.1, -0.05) is 48.9 Å². The highest BCUT2D eigenvalue weighted by Gasteiger charge is 2.17. The summed E-state index contributed by atoms with van der Waals surface area (Å²) in [6.07, 6.45) is 2.00. The minimum absolute atomic E-state index is 0.0736. The van der Waals surface area contributed by atoms with Crippen LogP contribution in [0, 0.1) is 0 Å². The fourth-order valence-electron chi connectivity index (χ4n) is 2.26. The number of halogens is 1. The molecule has 2 aromatic carbocycles. The van der Waals surface area contributed by atoms with Gasteiger partial charge in [0.1, 0.15) is 5.75 Å². The maximum Gasteiger partial charge on any atom is 0.261 e. The SMILES string of the molecule is CC[C@H](Oc1ccc(Cl)cc1)C(=O)NCCCc1ccccc1. The first-order chi connectivity index (χ1) is 11.2. The smallest absolute Gasteiger partial charge is 0.261 e. The first-order valence-corrected chi connectivity index (χ1v) is 8.30. The van der Waals surface area contributed by atoms with E-state index in [0.717, 1.165) is 12.8 Å². The molecular formula is C19H22ClNO2. The molecule has 0 aliphatic heterocycles. The van der Waals surface area contributed by atoms with Crippen LogP contribution in [-0.2, 0) is 11.2 Å². The first-order valence-electron chi connectivity index (χ1n) is 7.93. The van der Waals surface area contributed by atoms with Gasteiger partial charge in [0, 0.05) is 11.6 Å². The molecule has 2 aromatic rings. The van der Waals surface area contributed by atoms with Gasteiger partial charge in [-0.25, -0.2) is 0 Å². The summed E-state index contributed by atoms with van der Waals surface area (Å²) < 4.78 is 5.73. The van der Waals surface area contributed by atoms with Crippen molar-refractivity contribution in [1.82, 2.24) is 5.32 Å². The highest BCUT2D eigenvalue weighted by Crippen LogP contribution is 2.17. The van der Waals surface area contributed by atoms with Crippen molar-refractivity contribution >= 4 is 17.5 Å². The molecule has 23 heavy (non-hydrogen) atoms. The topological polar surface area (TPSA) is 38.3 Å². The summed E-state index contributed by atoms with van der Waals surface area (Å²) in [6, 6.07) is 17.3. The van der Waals surface area contributed by atoms with Gasteiger partial charge in [-0.2, -0.15) is 0 Å².